The lowest BCUT2D eigenvalue weighted by molar-refractivity contribution is -0.133. The molecule has 2 atom stereocenters. The van der Waals surface area contributed by atoms with E-state index in [2.05, 4.69) is 44.8 Å². The molecule has 2 aliphatic rings. The maximum atomic E-state index is 13.0. The number of aromatic nitrogens is 1. The Morgan fingerprint density at radius 2 is 2.17 bits per heavy atom. The number of likely N-dealkylation sites (tertiary alicyclic amines) is 2. The number of anilines is 1. The third kappa shape index (κ3) is 3.95. The standard InChI is InChI=1S/C17H23BrF2N4/c1-11-4-5-15(18)22-16(11)21-12(2)14-6-13(7-23(14)3)8-24-9-17(19,20)10-24/h4-5,13-14H,2,6-10H2,1,3H3,(H,21,22). The Morgan fingerprint density at radius 3 is 2.83 bits per heavy atom. The zero-order valence-corrected chi connectivity index (χ0v) is 15.6. The average Bonchev–Trinajstić information content (AvgIpc) is 2.82. The van der Waals surface area contributed by atoms with E-state index in [4.69, 9.17) is 0 Å². The molecule has 2 fully saturated rings. The molecule has 0 amide bonds. The van der Waals surface area contributed by atoms with Crippen LogP contribution in [0.1, 0.15) is 12.0 Å². The fourth-order valence-corrected chi connectivity index (χ4v) is 3.92. The smallest absolute Gasteiger partial charge is 0.272 e. The van der Waals surface area contributed by atoms with Gasteiger partial charge in [0.2, 0.25) is 0 Å². The minimum absolute atomic E-state index is 0.0990. The van der Waals surface area contributed by atoms with Crippen LogP contribution in [0, 0.1) is 12.8 Å². The average molecular weight is 401 g/mol. The molecule has 0 aromatic carbocycles. The number of hydrogen-bond donors (Lipinski definition) is 1. The van der Waals surface area contributed by atoms with E-state index < -0.39 is 5.92 Å². The van der Waals surface area contributed by atoms with Gasteiger partial charge in [-0.3, -0.25) is 9.80 Å². The molecular weight excluding hydrogens is 378 g/mol. The van der Waals surface area contributed by atoms with Crippen molar-refractivity contribution >= 4 is 21.7 Å². The molecule has 0 aliphatic carbocycles. The summed E-state index contributed by atoms with van der Waals surface area (Å²) in [6, 6.07) is 4.10. The Morgan fingerprint density at radius 1 is 1.46 bits per heavy atom. The Balaban J connectivity index is 1.56. The maximum Gasteiger partial charge on any atom is 0.272 e. The zero-order valence-electron chi connectivity index (χ0n) is 14.0. The summed E-state index contributed by atoms with van der Waals surface area (Å²) in [6.07, 6.45) is 0.928. The highest BCUT2D eigenvalue weighted by Gasteiger charge is 2.45. The topological polar surface area (TPSA) is 31.4 Å². The molecule has 3 heterocycles. The lowest BCUT2D eigenvalue weighted by Crippen LogP contribution is -2.57. The second kappa shape index (κ2) is 6.69. The summed E-state index contributed by atoms with van der Waals surface area (Å²) >= 11 is 3.38. The van der Waals surface area contributed by atoms with Crippen LogP contribution in [-0.4, -0.2) is 60.0 Å². The van der Waals surface area contributed by atoms with Crippen LogP contribution in [0.25, 0.3) is 0 Å². The molecule has 1 aromatic heterocycles. The van der Waals surface area contributed by atoms with Crippen molar-refractivity contribution in [2.24, 2.45) is 5.92 Å². The number of nitrogens with zero attached hydrogens (tertiary/aromatic N) is 3. The molecule has 2 unspecified atom stereocenters. The molecule has 2 saturated heterocycles. The molecule has 3 rings (SSSR count). The fourth-order valence-electron chi connectivity index (χ4n) is 3.61. The molecule has 2 aliphatic heterocycles. The van der Waals surface area contributed by atoms with E-state index in [1.807, 2.05) is 24.0 Å². The van der Waals surface area contributed by atoms with Crippen LogP contribution in [-0.2, 0) is 0 Å². The Hall–Kier alpha value is -1.05. The van der Waals surface area contributed by atoms with E-state index in [0.29, 0.717) is 5.92 Å². The summed E-state index contributed by atoms with van der Waals surface area (Å²) in [5.41, 5.74) is 1.96. The predicted octanol–water partition coefficient (Wildman–Crippen LogP) is 3.35. The van der Waals surface area contributed by atoms with Gasteiger partial charge in [-0.15, -0.1) is 0 Å². The van der Waals surface area contributed by atoms with Crippen molar-refractivity contribution in [3.8, 4) is 0 Å². The number of nitrogens with one attached hydrogen (secondary N) is 1. The summed E-state index contributed by atoms with van der Waals surface area (Å²) in [5, 5.41) is 3.33. The van der Waals surface area contributed by atoms with Gasteiger partial charge in [0.1, 0.15) is 10.4 Å². The first kappa shape index (κ1) is 17.8. The van der Waals surface area contributed by atoms with Gasteiger partial charge in [-0.25, -0.2) is 13.8 Å². The minimum atomic E-state index is -2.49. The summed E-state index contributed by atoms with van der Waals surface area (Å²) < 4.78 is 26.7. The van der Waals surface area contributed by atoms with Crippen LogP contribution in [0.3, 0.4) is 0 Å². The van der Waals surface area contributed by atoms with Crippen molar-refractivity contribution in [1.82, 2.24) is 14.8 Å². The van der Waals surface area contributed by atoms with Crippen molar-refractivity contribution in [1.29, 1.82) is 0 Å². The molecule has 0 saturated carbocycles. The SMILES string of the molecule is C=C(Nc1nc(Br)ccc1C)C1CC(CN2CC(F)(F)C2)CN1C. The molecule has 0 radical (unpaired) electrons. The largest absolute Gasteiger partial charge is 0.343 e. The highest BCUT2D eigenvalue weighted by atomic mass is 79.9. The first-order valence-electron chi connectivity index (χ1n) is 8.13. The number of hydrogen-bond acceptors (Lipinski definition) is 4. The van der Waals surface area contributed by atoms with E-state index in [1.54, 1.807) is 0 Å². The zero-order chi connectivity index (χ0) is 17.5. The van der Waals surface area contributed by atoms with Crippen LogP contribution in [0.4, 0.5) is 14.6 Å². The second-order valence-corrected chi connectivity index (χ2v) is 7.84. The molecule has 24 heavy (non-hydrogen) atoms. The fraction of sp³-hybridized carbons (Fsp3) is 0.588. The van der Waals surface area contributed by atoms with Crippen LogP contribution in [0.2, 0.25) is 0 Å². The van der Waals surface area contributed by atoms with Gasteiger partial charge in [0.15, 0.2) is 0 Å². The van der Waals surface area contributed by atoms with Crippen molar-refractivity contribution in [3.05, 3.63) is 34.6 Å². The van der Waals surface area contributed by atoms with Gasteiger partial charge in [-0.05, 0) is 53.9 Å². The second-order valence-electron chi connectivity index (χ2n) is 7.03. The van der Waals surface area contributed by atoms with E-state index in [-0.39, 0.29) is 19.1 Å². The quantitative estimate of drug-likeness (QED) is 0.767. The number of pyridine rings is 1. The highest BCUT2D eigenvalue weighted by molar-refractivity contribution is 9.10. The Kier molecular flexibility index (Phi) is 4.95. The number of likely N-dealkylation sites (N-methyl/N-ethyl adjacent to an activating group) is 1. The van der Waals surface area contributed by atoms with Crippen molar-refractivity contribution in [2.45, 2.75) is 25.3 Å². The van der Waals surface area contributed by atoms with E-state index in [0.717, 1.165) is 41.2 Å². The van der Waals surface area contributed by atoms with Crippen LogP contribution < -0.4 is 5.32 Å². The molecule has 7 heteroatoms. The number of halogens is 3. The first-order valence-corrected chi connectivity index (χ1v) is 8.92. The summed E-state index contributed by atoms with van der Waals surface area (Å²) in [6.45, 7) is 7.62. The lowest BCUT2D eigenvalue weighted by Gasteiger charge is -2.40. The van der Waals surface area contributed by atoms with Crippen molar-refractivity contribution < 1.29 is 8.78 Å². The normalized spacial score (nSPS) is 27.0. The van der Waals surface area contributed by atoms with E-state index in [9.17, 15) is 8.78 Å². The summed E-state index contributed by atoms with van der Waals surface area (Å²) in [5.74, 6) is -1.29. The Labute approximate surface area is 150 Å². The molecule has 0 bridgehead atoms. The summed E-state index contributed by atoms with van der Waals surface area (Å²) in [4.78, 5) is 8.54. The van der Waals surface area contributed by atoms with Crippen molar-refractivity contribution in [3.63, 3.8) is 0 Å². The maximum absolute atomic E-state index is 13.0. The van der Waals surface area contributed by atoms with Gasteiger partial charge in [-0.1, -0.05) is 12.6 Å². The van der Waals surface area contributed by atoms with Crippen LogP contribution >= 0.6 is 15.9 Å². The van der Waals surface area contributed by atoms with Crippen LogP contribution in [0.15, 0.2) is 29.0 Å². The third-order valence-electron chi connectivity index (χ3n) is 4.81. The number of rotatable bonds is 5. The monoisotopic (exact) mass is 400 g/mol. The van der Waals surface area contributed by atoms with Gasteiger partial charge in [0.25, 0.3) is 5.92 Å². The molecule has 1 aromatic rings. The highest BCUT2D eigenvalue weighted by Crippen LogP contribution is 2.32. The number of aryl methyl sites for hydroxylation is 1. The van der Waals surface area contributed by atoms with Gasteiger partial charge >= 0.3 is 0 Å². The van der Waals surface area contributed by atoms with Gasteiger partial charge in [0.05, 0.1) is 13.1 Å². The molecular formula is C17H23BrF2N4. The predicted molar refractivity (Wildman–Crippen MR) is 95.3 cm³/mol. The lowest BCUT2D eigenvalue weighted by atomic mass is 10.0. The Bertz CT molecular complexity index is 629. The molecule has 0 spiro atoms. The molecule has 1 N–H and O–H groups in total. The van der Waals surface area contributed by atoms with Gasteiger partial charge in [0, 0.05) is 24.8 Å². The van der Waals surface area contributed by atoms with E-state index >= 15 is 0 Å². The van der Waals surface area contributed by atoms with Gasteiger partial charge < -0.3 is 5.32 Å². The van der Waals surface area contributed by atoms with Crippen molar-refractivity contribution in [2.75, 3.05) is 38.5 Å². The number of alkyl halides is 2. The van der Waals surface area contributed by atoms with Crippen LogP contribution in [0.5, 0.6) is 0 Å². The minimum Gasteiger partial charge on any atom is -0.343 e. The molecule has 4 nitrogen and oxygen atoms in total. The van der Waals surface area contributed by atoms with Gasteiger partial charge in [-0.2, -0.15) is 0 Å². The first-order chi connectivity index (χ1) is 11.2. The van der Waals surface area contributed by atoms with E-state index in [1.165, 1.54) is 0 Å². The third-order valence-corrected chi connectivity index (χ3v) is 5.25. The summed E-state index contributed by atoms with van der Waals surface area (Å²) in [7, 11) is 2.06. The molecule has 132 valence electrons.